The Morgan fingerprint density at radius 2 is 1.97 bits per heavy atom. The van der Waals surface area contributed by atoms with Gasteiger partial charge in [0.1, 0.15) is 17.1 Å². The van der Waals surface area contributed by atoms with E-state index < -0.39 is 35.7 Å². The van der Waals surface area contributed by atoms with Crippen molar-refractivity contribution in [3.8, 4) is 0 Å². The third-order valence-corrected chi connectivity index (χ3v) is 5.36. The maximum atomic E-state index is 12.6. The minimum absolute atomic E-state index is 0.0586. The maximum absolute atomic E-state index is 12.6. The molecule has 0 bridgehead atoms. The van der Waals surface area contributed by atoms with Crippen LogP contribution in [-0.4, -0.2) is 58.9 Å². The Kier molecular flexibility index (Phi) is 6.42. The molecular formula is C19H20N2O7S. The Balaban J connectivity index is 1.59. The van der Waals surface area contributed by atoms with Crippen LogP contribution in [0.2, 0.25) is 0 Å². The number of hydrogen-bond donors (Lipinski definition) is 1. The van der Waals surface area contributed by atoms with Gasteiger partial charge in [-0.2, -0.15) is 0 Å². The molecule has 29 heavy (non-hydrogen) atoms. The van der Waals surface area contributed by atoms with Crippen molar-refractivity contribution in [2.24, 2.45) is 0 Å². The predicted molar refractivity (Wildman–Crippen MR) is 103 cm³/mol. The van der Waals surface area contributed by atoms with Crippen LogP contribution >= 0.6 is 11.8 Å². The van der Waals surface area contributed by atoms with E-state index in [0.717, 1.165) is 0 Å². The number of thioether (sulfide) groups is 1. The van der Waals surface area contributed by atoms with Crippen molar-refractivity contribution in [1.82, 2.24) is 10.2 Å². The summed E-state index contributed by atoms with van der Waals surface area (Å²) in [5.74, 6) is -1.11. The van der Waals surface area contributed by atoms with Crippen molar-refractivity contribution in [1.29, 1.82) is 0 Å². The van der Waals surface area contributed by atoms with E-state index in [2.05, 4.69) is 10.1 Å². The average molecular weight is 420 g/mol. The van der Waals surface area contributed by atoms with Gasteiger partial charge in [0.2, 0.25) is 6.29 Å². The molecular weight excluding hydrogens is 400 g/mol. The summed E-state index contributed by atoms with van der Waals surface area (Å²) >= 11 is 1.42. The molecule has 2 aliphatic heterocycles. The second kappa shape index (κ2) is 8.99. The van der Waals surface area contributed by atoms with Gasteiger partial charge in [0, 0.05) is 18.2 Å². The number of amides is 2. The van der Waals surface area contributed by atoms with E-state index in [1.807, 2.05) is 0 Å². The van der Waals surface area contributed by atoms with Crippen LogP contribution < -0.4 is 5.32 Å². The number of hydrogen-bond acceptors (Lipinski definition) is 8. The summed E-state index contributed by atoms with van der Waals surface area (Å²) in [7, 11) is 0. The molecule has 0 aliphatic carbocycles. The number of nitrogens with one attached hydrogen (secondary N) is 1. The van der Waals surface area contributed by atoms with Crippen molar-refractivity contribution in [2.75, 3.05) is 12.4 Å². The van der Waals surface area contributed by atoms with Crippen LogP contribution in [0.3, 0.4) is 0 Å². The number of fused-ring (bicyclic) bond motifs is 1. The van der Waals surface area contributed by atoms with Crippen molar-refractivity contribution in [2.45, 2.75) is 31.6 Å². The van der Waals surface area contributed by atoms with Crippen LogP contribution in [-0.2, 0) is 23.8 Å². The highest BCUT2D eigenvalue weighted by atomic mass is 32.2. The van der Waals surface area contributed by atoms with Crippen molar-refractivity contribution in [3.63, 3.8) is 0 Å². The molecule has 0 saturated carbocycles. The summed E-state index contributed by atoms with van der Waals surface area (Å²) in [4.78, 5) is 49.9. The zero-order valence-corrected chi connectivity index (χ0v) is 16.6. The third-order valence-electron chi connectivity index (χ3n) is 4.18. The van der Waals surface area contributed by atoms with Gasteiger partial charge < -0.3 is 19.5 Å². The number of benzene rings is 1. The van der Waals surface area contributed by atoms with Gasteiger partial charge in [-0.3, -0.25) is 14.5 Å². The van der Waals surface area contributed by atoms with E-state index in [0.29, 0.717) is 11.3 Å². The number of carbonyl (C=O) groups excluding carboxylic acids is 4. The fourth-order valence-electron chi connectivity index (χ4n) is 2.87. The Morgan fingerprint density at radius 3 is 2.66 bits per heavy atom. The quantitative estimate of drug-likeness (QED) is 0.420. The van der Waals surface area contributed by atoms with Crippen molar-refractivity contribution in [3.05, 3.63) is 47.7 Å². The van der Waals surface area contributed by atoms with Gasteiger partial charge >= 0.3 is 12.1 Å². The lowest BCUT2D eigenvalue weighted by Gasteiger charge is -2.48. The molecule has 154 valence electrons. The highest BCUT2D eigenvalue weighted by molar-refractivity contribution is 8.00. The molecule has 1 aromatic rings. The number of carbonyl (C=O) groups is 4. The van der Waals surface area contributed by atoms with Crippen LogP contribution in [0.5, 0.6) is 0 Å². The zero-order valence-electron chi connectivity index (χ0n) is 15.8. The highest BCUT2D eigenvalue weighted by Gasteiger charge is 2.53. The molecule has 3 atom stereocenters. The summed E-state index contributed by atoms with van der Waals surface area (Å²) < 4.78 is 14.5. The molecule has 10 heteroatoms. The Bertz CT molecular complexity index is 842. The van der Waals surface area contributed by atoms with E-state index in [9.17, 15) is 19.2 Å². The molecule has 0 aromatic heterocycles. The molecule has 2 unspecified atom stereocenters. The molecule has 1 N–H and O–H groups in total. The van der Waals surface area contributed by atoms with Crippen LogP contribution in [0, 0.1) is 0 Å². The normalized spacial score (nSPS) is 21.1. The topological polar surface area (TPSA) is 111 Å². The first-order valence-corrected chi connectivity index (χ1v) is 10.0. The number of ether oxygens (including phenoxy) is 3. The lowest BCUT2D eigenvalue weighted by Crippen LogP contribution is -2.70. The summed E-state index contributed by atoms with van der Waals surface area (Å²) in [6, 6.07) is 7.82. The average Bonchev–Trinajstić information content (AvgIpc) is 2.71. The number of esters is 1. The van der Waals surface area contributed by atoms with Gasteiger partial charge in [-0.1, -0.05) is 18.2 Å². The van der Waals surface area contributed by atoms with Gasteiger partial charge in [0.15, 0.2) is 0 Å². The Morgan fingerprint density at radius 1 is 1.24 bits per heavy atom. The first-order chi connectivity index (χ1) is 13.9. The molecule has 0 spiro atoms. The summed E-state index contributed by atoms with van der Waals surface area (Å²) in [5.41, 5.74) is 0.503. The molecule has 1 fully saturated rings. The fourth-order valence-corrected chi connectivity index (χ4v) is 4.06. The Hall–Kier alpha value is -3.01. The van der Waals surface area contributed by atoms with E-state index in [-0.39, 0.29) is 18.2 Å². The summed E-state index contributed by atoms with van der Waals surface area (Å²) in [6.45, 7) is 3.11. The van der Waals surface area contributed by atoms with Gasteiger partial charge in [-0.05, 0) is 25.1 Å². The van der Waals surface area contributed by atoms with Crippen LogP contribution in [0.25, 0.3) is 0 Å². The lowest BCUT2D eigenvalue weighted by atomic mass is 10.0. The van der Waals surface area contributed by atoms with Crippen molar-refractivity contribution < 1.29 is 33.4 Å². The van der Waals surface area contributed by atoms with Gasteiger partial charge in [0.25, 0.3) is 11.8 Å². The summed E-state index contributed by atoms with van der Waals surface area (Å²) in [5, 5.41) is 2.29. The zero-order chi connectivity index (χ0) is 21.0. The van der Waals surface area contributed by atoms with E-state index in [1.165, 1.54) is 23.6 Å². The second-order valence-electron chi connectivity index (χ2n) is 6.11. The SMILES string of the molecule is CCOC(=O)OC(C)OC(=O)C1=CCS[C@H]2C(NC(=O)c3ccccc3)C(=O)N12. The smallest absolute Gasteiger partial charge is 0.435 e. The van der Waals surface area contributed by atoms with Gasteiger partial charge in [-0.25, -0.2) is 9.59 Å². The van der Waals surface area contributed by atoms with Gasteiger partial charge in [-0.15, -0.1) is 11.8 Å². The molecule has 2 aliphatic rings. The second-order valence-corrected chi connectivity index (χ2v) is 7.26. The fraction of sp³-hybridized carbons (Fsp3) is 0.368. The molecule has 1 saturated heterocycles. The molecule has 1 aromatic carbocycles. The van der Waals surface area contributed by atoms with Crippen molar-refractivity contribution >= 4 is 35.7 Å². The molecule has 2 amide bonds. The maximum Gasteiger partial charge on any atom is 0.511 e. The van der Waals surface area contributed by atoms with Crippen LogP contribution in [0.15, 0.2) is 42.1 Å². The third kappa shape index (κ3) is 4.53. The number of nitrogens with zero attached hydrogens (tertiary/aromatic N) is 1. The minimum Gasteiger partial charge on any atom is -0.435 e. The number of rotatable bonds is 6. The number of β-lactam (4-membered cyclic amide) rings is 1. The molecule has 9 nitrogen and oxygen atoms in total. The molecule has 3 rings (SSSR count). The molecule has 0 radical (unpaired) electrons. The van der Waals surface area contributed by atoms with Crippen LogP contribution in [0.1, 0.15) is 24.2 Å². The van der Waals surface area contributed by atoms with E-state index in [1.54, 1.807) is 43.3 Å². The first kappa shape index (κ1) is 20.7. The highest BCUT2D eigenvalue weighted by Crippen LogP contribution is 2.38. The van der Waals surface area contributed by atoms with Gasteiger partial charge in [0.05, 0.1) is 6.61 Å². The summed E-state index contributed by atoms with van der Waals surface area (Å²) in [6.07, 6.45) is -0.573. The molecule has 2 heterocycles. The standard InChI is InChI=1S/C19H20N2O7S/c1-3-26-19(25)28-11(2)27-18(24)13-9-10-29-17-14(16(23)21(13)17)20-15(22)12-7-5-4-6-8-12/h4-9,11,14,17H,3,10H2,1-2H3,(H,20,22)/t11?,14?,17-/m0/s1. The van der Waals surface area contributed by atoms with E-state index in [4.69, 9.17) is 9.47 Å². The lowest BCUT2D eigenvalue weighted by molar-refractivity contribution is -0.168. The predicted octanol–water partition coefficient (Wildman–Crippen LogP) is 1.65. The van der Waals surface area contributed by atoms with Crippen LogP contribution in [0.4, 0.5) is 4.79 Å². The monoisotopic (exact) mass is 420 g/mol. The van der Waals surface area contributed by atoms with E-state index >= 15 is 0 Å². The largest absolute Gasteiger partial charge is 0.511 e. The Labute approximate surface area is 171 Å². The first-order valence-electron chi connectivity index (χ1n) is 8.97. The minimum atomic E-state index is -1.18.